The number of hydrogen-bond donors (Lipinski definition) is 5. The van der Waals surface area contributed by atoms with Crippen LogP contribution in [-0.4, -0.2) is 95.3 Å². The molecule has 6 rings (SSSR count). The molecule has 4 amide bonds. The van der Waals surface area contributed by atoms with Crippen molar-refractivity contribution >= 4 is 52.3 Å². The number of rotatable bonds is 20. The highest BCUT2D eigenvalue weighted by atomic mass is 35.5. The first kappa shape index (κ1) is 48.9. The maximum absolute atomic E-state index is 13.6. The van der Waals surface area contributed by atoms with E-state index in [4.69, 9.17) is 21.1 Å². The molecule has 1 aliphatic carbocycles. The summed E-state index contributed by atoms with van der Waals surface area (Å²) in [5.74, 6) is -0.780. The maximum Gasteiger partial charge on any atom is 0.251 e. The number of aliphatic hydroxyl groups is 1. The number of aliphatic hydroxyl groups excluding tert-OH is 1. The number of carbonyl (C=O) groups excluding carboxylic acids is 4. The predicted octanol–water partition coefficient (Wildman–Crippen LogP) is 7.03. The lowest BCUT2D eigenvalue weighted by atomic mass is 9.49. The first-order valence-electron chi connectivity index (χ1n) is 22.2. The molecule has 0 spiro atoms. The zero-order valence-electron chi connectivity index (χ0n) is 37.9. The fraction of sp³-hybridized carbons (Fsp3) is 0.469. The normalized spacial score (nSPS) is 19.9. The van der Waals surface area contributed by atoms with Gasteiger partial charge in [-0.05, 0) is 80.1 Å². The van der Waals surface area contributed by atoms with Crippen LogP contribution in [0.3, 0.4) is 0 Å². The molecule has 4 aromatic rings. The van der Waals surface area contributed by atoms with Crippen LogP contribution < -0.4 is 26.0 Å². The van der Waals surface area contributed by atoms with Gasteiger partial charge < -0.3 is 40.7 Å². The van der Waals surface area contributed by atoms with Crippen LogP contribution >= 0.6 is 22.9 Å². The van der Waals surface area contributed by atoms with E-state index in [1.807, 2.05) is 48.8 Å². The zero-order valence-corrected chi connectivity index (χ0v) is 39.5. The van der Waals surface area contributed by atoms with Crippen LogP contribution in [0.1, 0.15) is 93.9 Å². The summed E-state index contributed by atoms with van der Waals surface area (Å²) in [7, 11) is 0. The fourth-order valence-electron chi connectivity index (χ4n) is 9.19. The summed E-state index contributed by atoms with van der Waals surface area (Å²) in [5.41, 5.74) is 5.82. The summed E-state index contributed by atoms with van der Waals surface area (Å²) in [6, 6.07) is 20.5. The third-order valence-corrected chi connectivity index (χ3v) is 13.7. The number of carbonyl (C=O) groups is 4. The number of benzene rings is 3. The molecule has 65 heavy (non-hydrogen) atoms. The topological polar surface area (TPSA) is 195 Å². The van der Waals surface area contributed by atoms with Gasteiger partial charge in [0.2, 0.25) is 17.7 Å². The quantitative estimate of drug-likeness (QED) is 0.0575. The molecule has 0 unspecified atom stereocenters. The standard InChI is InChI=1S/C49H60ClN7O7S/c1-7-39(45(62)57-27-36(58)23-40(57)44(61)53-26-31-11-13-32(14-12-31)42-30(2)54-29-65-42)55-41(59)28-63-22-10-8-9-21-52-35-18-15-33(16-19-35)43(60)56-46-48(3,4)47(49(46,5)6)64-37-20-17-34(25-51)38(50)24-37/h11-20,24,29,36,39-40,46-47,52,58H,7-10,21-23,26-28H2,1-6H3,(H,53,61)(H,55,59)(H,56,60)/t36-,39+,40+,46-,47-/m1/s1. The van der Waals surface area contributed by atoms with Crippen molar-refractivity contribution in [2.45, 2.75) is 111 Å². The number of likely N-dealkylation sites (tertiary alicyclic amines) is 1. The summed E-state index contributed by atoms with van der Waals surface area (Å²) in [6.45, 7) is 13.2. The number of thiazole rings is 1. The SMILES string of the molecule is CC[C@H](NC(=O)COCCCCCNc1ccc(C(=O)N[C@H]2C(C)(C)[C@H](Oc3ccc(C#N)c(Cl)c3)C2(C)C)cc1)C(=O)N1C[C@H](O)C[C@H]1C(=O)NCc1ccc(-c2scnc2C)cc1. The summed E-state index contributed by atoms with van der Waals surface area (Å²) in [4.78, 5) is 59.7. The first-order chi connectivity index (χ1) is 31.0. The highest BCUT2D eigenvalue weighted by Crippen LogP contribution is 2.55. The summed E-state index contributed by atoms with van der Waals surface area (Å²) >= 11 is 7.80. The van der Waals surface area contributed by atoms with Crippen LogP contribution in [0.4, 0.5) is 5.69 Å². The minimum Gasteiger partial charge on any atom is -0.489 e. The lowest BCUT2D eigenvalue weighted by molar-refractivity contribution is -0.164. The lowest BCUT2D eigenvalue weighted by Crippen LogP contribution is -2.74. The number of nitrogens with one attached hydrogen (secondary N) is 4. The van der Waals surface area contributed by atoms with E-state index in [0.29, 0.717) is 41.5 Å². The highest BCUT2D eigenvalue weighted by molar-refractivity contribution is 7.13. The summed E-state index contributed by atoms with van der Waals surface area (Å²) < 4.78 is 12.0. The number of nitrogens with zero attached hydrogens (tertiary/aromatic N) is 3. The number of halogens is 1. The molecule has 1 saturated heterocycles. The van der Waals surface area contributed by atoms with Crippen molar-refractivity contribution in [1.29, 1.82) is 5.26 Å². The molecular formula is C49H60ClN7O7S. The predicted molar refractivity (Wildman–Crippen MR) is 251 cm³/mol. The van der Waals surface area contributed by atoms with Crippen LogP contribution in [-0.2, 0) is 25.7 Å². The smallest absolute Gasteiger partial charge is 0.251 e. The number of aromatic nitrogens is 1. The largest absolute Gasteiger partial charge is 0.489 e. The second-order valence-electron chi connectivity index (χ2n) is 18.0. The molecule has 2 aliphatic rings. The molecule has 0 bridgehead atoms. The molecule has 1 aromatic heterocycles. The molecule has 2 fully saturated rings. The van der Waals surface area contributed by atoms with E-state index in [2.05, 4.69) is 60.0 Å². The van der Waals surface area contributed by atoms with E-state index >= 15 is 0 Å². The van der Waals surface area contributed by atoms with Crippen molar-refractivity contribution in [3.63, 3.8) is 0 Å². The number of ether oxygens (including phenoxy) is 2. The van der Waals surface area contributed by atoms with E-state index < -0.39 is 30.0 Å². The highest BCUT2D eigenvalue weighted by Gasteiger charge is 2.64. The minimum absolute atomic E-state index is 0.00987. The Hall–Kier alpha value is -5.53. The van der Waals surface area contributed by atoms with Crippen molar-refractivity contribution in [2.24, 2.45) is 10.8 Å². The van der Waals surface area contributed by atoms with Crippen molar-refractivity contribution in [3.05, 3.63) is 99.6 Å². The summed E-state index contributed by atoms with van der Waals surface area (Å²) in [5, 5.41) is 32.2. The van der Waals surface area contributed by atoms with Gasteiger partial charge in [-0.3, -0.25) is 19.2 Å². The first-order valence-corrected chi connectivity index (χ1v) is 23.4. The monoisotopic (exact) mass is 925 g/mol. The van der Waals surface area contributed by atoms with Crippen LogP contribution in [0.25, 0.3) is 10.4 Å². The third-order valence-electron chi connectivity index (χ3n) is 12.4. The minimum atomic E-state index is -0.860. The van der Waals surface area contributed by atoms with Gasteiger partial charge in [0.25, 0.3) is 5.91 Å². The summed E-state index contributed by atoms with van der Waals surface area (Å²) in [6.07, 6.45) is 1.85. The van der Waals surface area contributed by atoms with E-state index in [-0.39, 0.29) is 60.9 Å². The van der Waals surface area contributed by atoms with E-state index in [9.17, 15) is 29.5 Å². The second kappa shape index (κ2) is 21.6. The third kappa shape index (κ3) is 11.8. The molecule has 5 N–H and O–H groups in total. The van der Waals surface area contributed by atoms with Crippen LogP contribution in [0, 0.1) is 29.1 Å². The van der Waals surface area contributed by atoms with Gasteiger partial charge >= 0.3 is 0 Å². The van der Waals surface area contributed by atoms with E-state index in [1.165, 1.54) is 4.90 Å². The Balaban J connectivity index is 0.851. The number of hydrogen-bond acceptors (Lipinski definition) is 11. The Morgan fingerprint density at radius 1 is 1.02 bits per heavy atom. The van der Waals surface area contributed by atoms with Crippen LogP contribution in [0.5, 0.6) is 5.75 Å². The average Bonchev–Trinajstić information content (AvgIpc) is 3.91. The Kier molecular flexibility index (Phi) is 16.3. The van der Waals surface area contributed by atoms with Crippen molar-refractivity contribution in [2.75, 3.05) is 31.6 Å². The van der Waals surface area contributed by atoms with Crippen molar-refractivity contribution < 1.29 is 33.8 Å². The Morgan fingerprint density at radius 2 is 1.74 bits per heavy atom. The van der Waals surface area contributed by atoms with Gasteiger partial charge in [0, 0.05) is 66.9 Å². The molecule has 1 saturated carbocycles. The van der Waals surface area contributed by atoms with Gasteiger partial charge in [0.15, 0.2) is 0 Å². The number of β-amino-alcohol motifs (C(OH)–C–C–N with tert-alkyl or cyclic N) is 1. The Morgan fingerprint density at radius 3 is 2.38 bits per heavy atom. The second-order valence-corrected chi connectivity index (χ2v) is 19.3. The van der Waals surface area contributed by atoms with Gasteiger partial charge in [-0.2, -0.15) is 5.26 Å². The molecule has 346 valence electrons. The van der Waals surface area contributed by atoms with E-state index in [1.54, 1.807) is 48.6 Å². The number of anilines is 1. The van der Waals surface area contributed by atoms with Gasteiger partial charge in [0.1, 0.15) is 36.6 Å². The molecule has 0 radical (unpaired) electrons. The molecule has 2 heterocycles. The van der Waals surface area contributed by atoms with Gasteiger partial charge in [-0.15, -0.1) is 11.3 Å². The molecular weight excluding hydrogens is 866 g/mol. The average molecular weight is 927 g/mol. The molecule has 14 nitrogen and oxygen atoms in total. The molecule has 3 aromatic carbocycles. The number of aryl methyl sites for hydroxylation is 1. The molecule has 1 aliphatic heterocycles. The van der Waals surface area contributed by atoms with E-state index in [0.717, 1.165) is 46.6 Å². The van der Waals surface area contributed by atoms with Gasteiger partial charge in [-0.1, -0.05) is 70.5 Å². The molecule has 16 heteroatoms. The van der Waals surface area contributed by atoms with Crippen molar-refractivity contribution in [3.8, 4) is 22.3 Å². The Labute approximate surface area is 390 Å². The lowest BCUT2D eigenvalue weighted by Gasteiger charge is -2.63. The van der Waals surface area contributed by atoms with Gasteiger partial charge in [-0.25, -0.2) is 4.98 Å². The number of nitriles is 1. The van der Waals surface area contributed by atoms with Gasteiger partial charge in [0.05, 0.1) is 32.8 Å². The Bertz CT molecular complexity index is 2330. The number of amides is 4. The fourth-order valence-corrected chi connectivity index (χ4v) is 10.2. The number of unbranched alkanes of at least 4 members (excludes halogenated alkanes) is 2. The zero-order chi connectivity index (χ0) is 46.9. The van der Waals surface area contributed by atoms with Crippen LogP contribution in [0.15, 0.2) is 72.2 Å². The van der Waals surface area contributed by atoms with Crippen molar-refractivity contribution in [1.82, 2.24) is 25.8 Å². The molecule has 3 atom stereocenters. The van der Waals surface area contributed by atoms with Crippen LogP contribution in [0.2, 0.25) is 5.02 Å². The maximum atomic E-state index is 13.6.